The molecule has 4 N–H and O–H groups in total. The lowest BCUT2D eigenvalue weighted by atomic mass is 9.96. The van der Waals surface area contributed by atoms with Gasteiger partial charge in [-0.3, -0.25) is 9.79 Å². The van der Waals surface area contributed by atoms with Gasteiger partial charge in [-0.15, -0.1) is 24.0 Å². The van der Waals surface area contributed by atoms with Crippen molar-refractivity contribution in [3.8, 4) is 0 Å². The van der Waals surface area contributed by atoms with E-state index in [1.807, 2.05) is 7.05 Å². The summed E-state index contributed by atoms with van der Waals surface area (Å²) in [5.41, 5.74) is 8.02. The molecule has 1 saturated heterocycles. The number of halogens is 1. The first-order chi connectivity index (χ1) is 13.5. The summed E-state index contributed by atoms with van der Waals surface area (Å²) in [6.45, 7) is 9.17. The molecule has 0 saturated carbocycles. The highest BCUT2D eigenvalue weighted by molar-refractivity contribution is 14.0. The molecule has 0 radical (unpaired) electrons. The van der Waals surface area contributed by atoms with E-state index in [0.717, 1.165) is 64.4 Å². The predicted molar refractivity (Wildman–Crippen MR) is 132 cm³/mol. The largest absolute Gasteiger partial charge is 0.369 e. The minimum atomic E-state index is -0.139. The Kier molecular flexibility index (Phi) is 12.2. The predicted octanol–water partition coefficient (Wildman–Crippen LogP) is 2.86. The second-order valence-corrected chi connectivity index (χ2v) is 7.92. The van der Waals surface area contributed by atoms with Crippen LogP contribution < -0.4 is 16.4 Å². The molecule has 1 amide bonds. The number of hydrogen-bond acceptors (Lipinski definition) is 3. The third-order valence-electron chi connectivity index (χ3n) is 5.63. The van der Waals surface area contributed by atoms with Crippen LogP contribution in [0.25, 0.3) is 0 Å². The summed E-state index contributed by atoms with van der Waals surface area (Å²) in [5.74, 6) is 1.23. The van der Waals surface area contributed by atoms with Gasteiger partial charge in [0.15, 0.2) is 5.96 Å². The third kappa shape index (κ3) is 9.33. The third-order valence-corrected chi connectivity index (χ3v) is 5.63. The first kappa shape index (κ1) is 25.7. The summed E-state index contributed by atoms with van der Waals surface area (Å²) in [7, 11) is 1.81. The van der Waals surface area contributed by atoms with Gasteiger partial charge in [-0.05, 0) is 63.7 Å². The highest BCUT2D eigenvalue weighted by Crippen LogP contribution is 2.17. The molecular weight excluding hydrogens is 477 g/mol. The SMILES string of the molecule is CN=C(NCCCCN1CCC(C(N)=O)CC1)NCC(C)c1ccc(C)cc1.I. The number of hydrogen-bond donors (Lipinski definition) is 3. The van der Waals surface area contributed by atoms with E-state index in [1.165, 1.54) is 11.1 Å². The summed E-state index contributed by atoms with van der Waals surface area (Å²) in [6.07, 6.45) is 4.06. The zero-order valence-corrected chi connectivity index (χ0v) is 20.4. The molecule has 1 aromatic rings. The molecular formula is C22H38IN5O. The molecule has 1 unspecified atom stereocenters. The number of aryl methyl sites for hydroxylation is 1. The molecule has 0 spiro atoms. The summed E-state index contributed by atoms with van der Waals surface area (Å²) < 4.78 is 0. The molecule has 2 rings (SSSR count). The summed E-state index contributed by atoms with van der Waals surface area (Å²) >= 11 is 0. The summed E-state index contributed by atoms with van der Waals surface area (Å²) in [4.78, 5) is 18.0. The molecule has 1 aromatic carbocycles. The van der Waals surface area contributed by atoms with Gasteiger partial charge >= 0.3 is 0 Å². The number of nitrogens with zero attached hydrogens (tertiary/aromatic N) is 2. The first-order valence-corrected chi connectivity index (χ1v) is 10.5. The number of rotatable bonds is 9. The van der Waals surface area contributed by atoms with Crippen molar-refractivity contribution in [3.05, 3.63) is 35.4 Å². The van der Waals surface area contributed by atoms with Crippen LogP contribution in [0.4, 0.5) is 0 Å². The van der Waals surface area contributed by atoms with Gasteiger partial charge in [-0.2, -0.15) is 0 Å². The first-order valence-electron chi connectivity index (χ1n) is 10.5. The quantitative estimate of drug-likeness (QED) is 0.205. The highest BCUT2D eigenvalue weighted by Gasteiger charge is 2.22. The Morgan fingerprint density at radius 3 is 2.45 bits per heavy atom. The molecule has 0 aliphatic carbocycles. The Morgan fingerprint density at radius 1 is 1.21 bits per heavy atom. The minimum absolute atomic E-state index is 0. The highest BCUT2D eigenvalue weighted by atomic mass is 127. The zero-order valence-electron chi connectivity index (χ0n) is 18.1. The molecule has 0 aromatic heterocycles. The number of carbonyl (C=O) groups excluding carboxylic acids is 1. The topological polar surface area (TPSA) is 82.8 Å². The second-order valence-electron chi connectivity index (χ2n) is 7.92. The number of primary amides is 1. The van der Waals surface area contributed by atoms with Gasteiger partial charge in [0, 0.05) is 26.1 Å². The lowest BCUT2D eigenvalue weighted by molar-refractivity contribution is -0.123. The standard InChI is InChI=1S/C22H37N5O.HI/c1-17-6-8-19(9-7-17)18(2)16-26-22(24-3)25-12-4-5-13-27-14-10-20(11-15-27)21(23)28;/h6-9,18,20H,4-5,10-16H2,1-3H3,(H2,23,28)(H2,24,25,26);1H. The van der Waals surface area contributed by atoms with Crippen LogP contribution in [0.15, 0.2) is 29.3 Å². The molecule has 6 nitrogen and oxygen atoms in total. The van der Waals surface area contributed by atoms with Crippen molar-refractivity contribution in [1.82, 2.24) is 15.5 Å². The van der Waals surface area contributed by atoms with Crippen LogP contribution in [0.5, 0.6) is 0 Å². The van der Waals surface area contributed by atoms with Crippen LogP contribution in [0.1, 0.15) is 49.7 Å². The number of piperidine rings is 1. The van der Waals surface area contributed by atoms with Gasteiger partial charge in [-0.1, -0.05) is 36.8 Å². The van der Waals surface area contributed by atoms with Crippen LogP contribution >= 0.6 is 24.0 Å². The maximum atomic E-state index is 11.2. The maximum Gasteiger partial charge on any atom is 0.220 e. The molecule has 1 aliphatic rings. The number of unbranched alkanes of at least 4 members (excludes halogenated alkanes) is 1. The van der Waals surface area contributed by atoms with Crippen molar-refractivity contribution < 1.29 is 4.79 Å². The van der Waals surface area contributed by atoms with Crippen LogP contribution in [-0.2, 0) is 4.79 Å². The number of carbonyl (C=O) groups is 1. The van der Waals surface area contributed by atoms with E-state index < -0.39 is 0 Å². The lowest BCUT2D eigenvalue weighted by Gasteiger charge is -2.30. The number of amides is 1. The van der Waals surface area contributed by atoms with E-state index in [9.17, 15) is 4.79 Å². The Hall–Kier alpha value is -1.35. The number of likely N-dealkylation sites (tertiary alicyclic amines) is 1. The van der Waals surface area contributed by atoms with Crippen LogP contribution in [0.2, 0.25) is 0 Å². The smallest absolute Gasteiger partial charge is 0.220 e. The monoisotopic (exact) mass is 515 g/mol. The second kappa shape index (κ2) is 13.8. The zero-order chi connectivity index (χ0) is 20.4. The van der Waals surface area contributed by atoms with E-state index in [1.54, 1.807) is 0 Å². The molecule has 7 heteroatoms. The Balaban J connectivity index is 0.00000420. The van der Waals surface area contributed by atoms with Crippen molar-refractivity contribution >= 4 is 35.8 Å². The van der Waals surface area contributed by atoms with Gasteiger partial charge in [0.25, 0.3) is 0 Å². The molecule has 0 bridgehead atoms. The van der Waals surface area contributed by atoms with Crippen molar-refractivity contribution in [3.63, 3.8) is 0 Å². The van der Waals surface area contributed by atoms with E-state index >= 15 is 0 Å². The normalized spacial score (nSPS) is 16.7. The Morgan fingerprint density at radius 2 is 1.86 bits per heavy atom. The van der Waals surface area contributed by atoms with E-state index in [-0.39, 0.29) is 35.8 Å². The Labute approximate surface area is 193 Å². The van der Waals surface area contributed by atoms with Gasteiger partial charge in [0.1, 0.15) is 0 Å². The molecule has 1 aliphatic heterocycles. The van der Waals surface area contributed by atoms with Crippen molar-refractivity contribution in [1.29, 1.82) is 0 Å². The number of guanidine groups is 1. The van der Waals surface area contributed by atoms with Crippen LogP contribution in [-0.4, -0.2) is 56.5 Å². The van der Waals surface area contributed by atoms with Crippen LogP contribution in [0, 0.1) is 12.8 Å². The fourth-order valence-corrected chi connectivity index (χ4v) is 3.59. The number of benzene rings is 1. The molecule has 164 valence electrons. The van der Waals surface area contributed by atoms with Crippen molar-refractivity contribution in [2.45, 2.75) is 45.4 Å². The fourth-order valence-electron chi connectivity index (χ4n) is 3.59. The number of nitrogens with one attached hydrogen (secondary N) is 2. The van der Waals surface area contributed by atoms with E-state index in [4.69, 9.17) is 5.73 Å². The number of nitrogens with two attached hydrogens (primary N) is 1. The van der Waals surface area contributed by atoms with Gasteiger partial charge in [-0.25, -0.2) is 0 Å². The van der Waals surface area contributed by atoms with Crippen molar-refractivity contribution in [2.75, 3.05) is 39.8 Å². The number of aliphatic imine (C=N–C) groups is 1. The lowest BCUT2D eigenvalue weighted by Crippen LogP contribution is -2.40. The maximum absolute atomic E-state index is 11.2. The summed E-state index contributed by atoms with van der Waals surface area (Å²) in [6, 6.07) is 8.72. The average Bonchev–Trinajstić information content (AvgIpc) is 2.70. The van der Waals surface area contributed by atoms with Crippen molar-refractivity contribution in [2.24, 2.45) is 16.6 Å². The van der Waals surface area contributed by atoms with E-state index in [0.29, 0.717) is 5.92 Å². The summed E-state index contributed by atoms with van der Waals surface area (Å²) in [5, 5.41) is 6.83. The molecule has 1 atom stereocenters. The van der Waals surface area contributed by atoms with Gasteiger partial charge < -0.3 is 21.3 Å². The molecule has 1 heterocycles. The van der Waals surface area contributed by atoms with Gasteiger partial charge in [0.05, 0.1) is 0 Å². The average molecular weight is 515 g/mol. The van der Waals surface area contributed by atoms with Crippen LogP contribution in [0.3, 0.4) is 0 Å². The molecule has 1 fully saturated rings. The minimum Gasteiger partial charge on any atom is -0.369 e. The van der Waals surface area contributed by atoms with E-state index in [2.05, 4.69) is 58.6 Å². The Bertz CT molecular complexity index is 627. The van der Waals surface area contributed by atoms with Gasteiger partial charge in [0.2, 0.25) is 5.91 Å². The fraction of sp³-hybridized carbons (Fsp3) is 0.636. The molecule has 29 heavy (non-hydrogen) atoms.